The van der Waals surface area contributed by atoms with Crippen LogP contribution in [-0.2, 0) is 0 Å². The van der Waals surface area contributed by atoms with Gasteiger partial charge in [-0.15, -0.1) is 0 Å². The molecular weight excluding hydrogens is 298 g/mol. The van der Waals surface area contributed by atoms with E-state index in [0.29, 0.717) is 5.56 Å². The van der Waals surface area contributed by atoms with E-state index in [9.17, 15) is 14.7 Å². The fraction of sp³-hybridized carbons (Fsp3) is 0.118. The number of benzene rings is 2. The monoisotopic (exact) mass is 311 g/mol. The molecule has 0 aliphatic heterocycles. The molecule has 0 amide bonds. The van der Waals surface area contributed by atoms with Crippen LogP contribution in [0.5, 0.6) is 11.5 Å². The molecule has 0 aromatic heterocycles. The smallest absolute Gasteiger partial charge is 0.336 e. The van der Waals surface area contributed by atoms with Crippen LogP contribution in [0.2, 0.25) is 0 Å². The predicted molar refractivity (Wildman–Crippen MR) is 81.1 cm³/mol. The van der Waals surface area contributed by atoms with Crippen molar-refractivity contribution < 1.29 is 24.2 Å². The molecule has 0 bridgehead atoms. The lowest BCUT2D eigenvalue weighted by Crippen LogP contribution is -2.11. The SMILES string of the molecule is COc1cc(C(=O)O)c(C(=O)c2ccc(C#N)cc2)cc1OC. The zero-order valence-corrected chi connectivity index (χ0v) is 12.5. The number of carboxylic acid groups (broad SMARTS) is 1. The maximum absolute atomic E-state index is 12.6. The highest BCUT2D eigenvalue weighted by molar-refractivity contribution is 6.14. The molecule has 1 N–H and O–H groups in total. The normalized spacial score (nSPS) is 9.78. The van der Waals surface area contributed by atoms with E-state index >= 15 is 0 Å². The van der Waals surface area contributed by atoms with Gasteiger partial charge in [0.25, 0.3) is 0 Å². The molecule has 6 heteroatoms. The number of nitrogens with zero attached hydrogens (tertiary/aromatic N) is 1. The second-order valence-corrected chi connectivity index (χ2v) is 4.58. The lowest BCUT2D eigenvalue weighted by Gasteiger charge is -2.12. The Morgan fingerprint density at radius 3 is 1.96 bits per heavy atom. The molecule has 116 valence electrons. The Labute approximate surface area is 132 Å². The van der Waals surface area contributed by atoms with E-state index in [1.807, 2.05) is 6.07 Å². The first-order valence-electron chi connectivity index (χ1n) is 6.56. The molecule has 2 aromatic rings. The van der Waals surface area contributed by atoms with Crippen molar-refractivity contribution in [1.82, 2.24) is 0 Å². The Morgan fingerprint density at radius 2 is 1.52 bits per heavy atom. The molecule has 0 aliphatic carbocycles. The molecule has 2 aromatic carbocycles. The van der Waals surface area contributed by atoms with Crippen molar-refractivity contribution in [3.63, 3.8) is 0 Å². The highest BCUT2D eigenvalue weighted by atomic mass is 16.5. The Kier molecular flexibility index (Phi) is 4.62. The van der Waals surface area contributed by atoms with Gasteiger partial charge in [-0.2, -0.15) is 5.26 Å². The number of rotatable bonds is 5. The van der Waals surface area contributed by atoms with Crippen molar-refractivity contribution in [2.24, 2.45) is 0 Å². The van der Waals surface area contributed by atoms with E-state index in [1.165, 1.54) is 50.6 Å². The minimum atomic E-state index is -1.25. The summed E-state index contributed by atoms with van der Waals surface area (Å²) in [6.45, 7) is 0. The van der Waals surface area contributed by atoms with Gasteiger partial charge in [-0.05, 0) is 36.4 Å². The van der Waals surface area contributed by atoms with Gasteiger partial charge in [-0.3, -0.25) is 4.79 Å². The van der Waals surface area contributed by atoms with Gasteiger partial charge in [0.05, 0.1) is 31.4 Å². The molecule has 6 nitrogen and oxygen atoms in total. The number of carbonyl (C=O) groups excluding carboxylic acids is 1. The minimum absolute atomic E-state index is 0.0140. The number of carboxylic acids is 1. The molecule has 0 atom stereocenters. The summed E-state index contributed by atoms with van der Waals surface area (Å²) in [5.74, 6) is -1.24. The Bertz CT molecular complexity index is 803. The van der Waals surface area contributed by atoms with Gasteiger partial charge in [-0.25, -0.2) is 4.79 Å². The summed E-state index contributed by atoms with van der Waals surface area (Å²) in [7, 11) is 2.78. The van der Waals surface area contributed by atoms with Crippen molar-refractivity contribution >= 4 is 11.8 Å². The van der Waals surface area contributed by atoms with Crippen molar-refractivity contribution in [2.75, 3.05) is 14.2 Å². The predicted octanol–water partition coefficient (Wildman–Crippen LogP) is 2.50. The van der Waals surface area contributed by atoms with Gasteiger partial charge in [0, 0.05) is 11.1 Å². The number of carbonyl (C=O) groups is 2. The summed E-state index contributed by atoms with van der Waals surface area (Å²) in [5, 5.41) is 18.1. The standard InChI is InChI=1S/C17H13NO5/c1-22-14-7-12(13(17(20)21)8-15(14)23-2)16(19)11-5-3-10(9-18)4-6-11/h3-8H,1-2H3,(H,20,21). The first-order chi connectivity index (χ1) is 11.0. The van der Waals surface area contributed by atoms with E-state index in [-0.39, 0.29) is 28.2 Å². The van der Waals surface area contributed by atoms with Crippen LogP contribution in [0.3, 0.4) is 0 Å². The maximum atomic E-state index is 12.6. The van der Waals surface area contributed by atoms with Crippen LogP contribution in [0.25, 0.3) is 0 Å². The van der Waals surface area contributed by atoms with E-state index in [1.54, 1.807) is 0 Å². The average molecular weight is 311 g/mol. The molecule has 0 saturated carbocycles. The molecule has 0 radical (unpaired) electrons. The number of hydrogen-bond donors (Lipinski definition) is 1. The molecule has 2 rings (SSSR count). The van der Waals surface area contributed by atoms with Crippen molar-refractivity contribution in [2.45, 2.75) is 0 Å². The summed E-state index contributed by atoms with van der Waals surface area (Å²) in [5.41, 5.74) is 0.489. The molecule has 0 fully saturated rings. The highest BCUT2D eigenvalue weighted by Crippen LogP contribution is 2.31. The zero-order valence-electron chi connectivity index (χ0n) is 12.5. The lowest BCUT2D eigenvalue weighted by molar-refractivity contribution is 0.0692. The maximum Gasteiger partial charge on any atom is 0.336 e. The quantitative estimate of drug-likeness (QED) is 0.852. The molecule has 0 heterocycles. The van der Waals surface area contributed by atoms with Crippen LogP contribution in [0.15, 0.2) is 36.4 Å². The van der Waals surface area contributed by atoms with E-state index in [2.05, 4.69) is 0 Å². The van der Waals surface area contributed by atoms with Crippen LogP contribution >= 0.6 is 0 Å². The first kappa shape index (κ1) is 16.0. The average Bonchev–Trinajstić information content (AvgIpc) is 2.59. The van der Waals surface area contributed by atoms with Gasteiger partial charge in [-0.1, -0.05) is 0 Å². The second kappa shape index (κ2) is 6.62. The van der Waals surface area contributed by atoms with Gasteiger partial charge >= 0.3 is 5.97 Å². The lowest BCUT2D eigenvalue weighted by atomic mass is 9.97. The van der Waals surface area contributed by atoms with Crippen LogP contribution in [0, 0.1) is 11.3 Å². The third-order valence-electron chi connectivity index (χ3n) is 3.27. The van der Waals surface area contributed by atoms with Crippen molar-refractivity contribution in [1.29, 1.82) is 5.26 Å². The minimum Gasteiger partial charge on any atom is -0.493 e. The summed E-state index contributed by atoms with van der Waals surface area (Å²) >= 11 is 0. The van der Waals surface area contributed by atoms with Crippen molar-refractivity contribution in [3.8, 4) is 17.6 Å². The van der Waals surface area contributed by atoms with Crippen LogP contribution in [0.1, 0.15) is 31.8 Å². The van der Waals surface area contributed by atoms with Crippen LogP contribution in [0.4, 0.5) is 0 Å². The third kappa shape index (κ3) is 3.14. The van der Waals surface area contributed by atoms with Crippen LogP contribution < -0.4 is 9.47 Å². The number of hydrogen-bond acceptors (Lipinski definition) is 5. The van der Waals surface area contributed by atoms with Crippen molar-refractivity contribution in [3.05, 3.63) is 58.7 Å². The Hall–Kier alpha value is -3.33. The van der Waals surface area contributed by atoms with E-state index < -0.39 is 11.8 Å². The van der Waals surface area contributed by atoms with Gasteiger partial charge < -0.3 is 14.6 Å². The Morgan fingerprint density at radius 1 is 1.00 bits per heavy atom. The fourth-order valence-corrected chi connectivity index (χ4v) is 2.10. The molecule has 0 unspecified atom stereocenters. The molecule has 0 spiro atoms. The summed E-state index contributed by atoms with van der Waals surface area (Å²) in [6.07, 6.45) is 0. The number of ketones is 1. The number of aromatic carboxylic acids is 1. The number of nitriles is 1. The zero-order chi connectivity index (χ0) is 17.0. The highest BCUT2D eigenvalue weighted by Gasteiger charge is 2.22. The fourth-order valence-electron chi connectivity index (χ4n) is 2.10. The molecule has 0 aliphatic rings. The molecular formula is C17H13NO5. The molecule has 0 saturated heterocycles. The summed E-state index contributed by atoms with van der Waals surface area (Å²) in [6, 6.07) is 10.5. The Balaban J connectivity index is 2.57. The number of methoxy groups -OCH3 is 2. The van der Waals surface area contributed by atoms with Crippen LogP contribution in [-0.4, -0.2) is 31.1 Å². The second-order valence-electron chi connectivity index (χ2n) is 4.58. The van der Waals surface area contributed by atoms with E-state index in [0.717, 1.165) is 0 Å². The van der Waals surface area contributed by atoms with Gasteiger partial charge in [0.2, 0.25) is 0 Å². The summed E-state index contributed by atoms with van der Waals surface area (Å²) < 4.78 is 10.2. The summed E-state index contributed by atoms with van der Waals surface area (Å²) in [4.78, 5) is 24.0. The van der Waals surface area contributed by atoms with Gasteiger partial charge in [0.15, 0.2) is 17.3 Å². The van der Waals surface area contributed by atoms with Gasteiger partial charge in [0.1, 0.15) is 0 Å². The first-order valence-corrected chi connectivity index (χ1v) is 6.56. The third-order valence-corrected chi connectivity index (χ3v) is 3.27. The van der Waals surface area contributed by atoms with E-state index in [4.69, 9.17) is 14.7 Å². The largest absolute Gasteiger partial charge is 0.493 e. The topological polar surface area (TPSA) is 96.6 Å². The molecule has 23 heavy (non-hydrogen) atoms. The number of ether oxygens (including phenoxy) is 2.